The monoisotopic (exact) mass is 411 g/mol. The summed E-state index contributed by atoms with van der Waals surface area (Å²) in [6.07, 6.45) is 2.51. The van der Waals surface area contributed by atoms with Crippen molar-refractivity contribution in [2.75, 3.05) is 16.8 Å². The molecular weight excluding hydrogens is 386 g/mol. The summed E-state index contributed by atoms with van der Waals surface area (Å²) in [5, 5.41) is 3.63. The van der Waals surface area contributed by atoms with Crippen LogP contribution in [0.25, 0.3) is 0 Å². The molecule has 2 atom stereocenters. The summed E-state index contributed by atoms with van der Waals surface area (Å²) in [5.41, 5.74) is 2.61. The molecule has 4 rings (SSSR count). The fourth-order valence-corrected chi connectivity index (χ4v) is 4.25. The minimum atomic E-state index is -0.196. The van der Waals surface area contributed by atoms with Crippen LogP contribution < -0.4 is 10.2 Å². The molecule has 6 heteroatoms. The quantitative estimate of drug-likeness (QED) is 0.780. The molecule has 1 saturated carbocycles. The lowest BCUT2D eigenvalue weighted by molar-refractivity contribution is -0.121. The van der Waals surface area contributed by atoms with Gasteiger partial charge in [0.15, 0.2) is 0 Å². The number of carbonyl (C=O) groups is 2. The van der Waals surface area contributed by atoms with Crippen LogP contribution in [0.2, 0.25) is 5.02 Å². The average Bonchev–Trinajstić information content (AvgIpc) is 3.53. The summed E-state index contributed by atoms with van der Waals surface area (Å²) in [5.74, 6) is -0.0389. The molecule has 0 bridgehead atoms. The van der Waals surface area contributed by atoms with Crippen molar-refractivity contribution in [2.45, 2.75) is 51.2 Å². The summed E-state index contributed by atoms with van der Waals surface area (Å²) < 4.78 is 0. The van der Waals surface area contributed by atoms with E-state index in [1.807, 2.05) is 55.5 Å². The van der Waals surface area contributed by atoms with E-state index in [9.17, 15) is 9.59 Å². The number of hydrogen-bond acceptors (Lipinski definition) is 3. The molecule has 0 saturated heterocycles. The van der Waals surface area contributed by atoms with Crippen molar-refractivity contribution < 1.29 is 9.59 Å². The number of nitrogens with zero attached hydrogens (tertiary/aromatic N) is 2. The molecule has 1 fully saturated rings. The first kappa shape index (κ1) is 19.9. The Balaban J connectivity index is 1.59. The number of hydrogen-bond donors (Lipinski definition) is 1. The zero-order valence-corrected chi connectivity index (χ0v) is 17.5. The first-order valence-electron chi connectivity index (χ1n) is 10.2. The molecule has 152 valence electrons. The Hall–Kier alpha value is -2.37. The number of carbonyl (C=O) groups excluding carboxylic acids is 2. The molecule has 2 amide bonds. The molecule has 2 aliphatic rings. The molecule has 29 heavy (non-hydrogen) atoms. The van der Waals surface area contributed by atoms with E-state index in [-0.39, 0.29) is 30.3 Å². The first-order valence-corrected chi connectivity index (χ1v) is 10.5. The highest BCUT2D eigenvalue weighted by Crippen LogP contribution is 2.36. The van der Waals surface area contributed by atoms with Gasteiger partial charge in [-0.25, -0.2) is 0 Å². The van der Waals surface area contributed by atoms with E-state index < -0.39 is 0 Å². The second kappa shape index (κ2) is 8.17. The third kappa shape index (κ3) is 4.31. The van der Waals surface area contributed by atoms with Crippen LogP contribution in [0.1, 0.15) is 44.7 Å². The van der Waals surface area contributed by atoms with Gasteiger partial charge < -0.3 is 10.2 Å². The maximum Gasteiger partial charge on any atom is 0.241 e. The van der Waals surface area contributed by atoms with Crippen LogP contribution in [-0.4, -0.2) is 35.3 Å². The number of rotatable bonds is 5. The summed E-state index contributed by atoms with van der Waals surface area (Å²) in [6, 6.07) is 15.7. The molecule has 1 aliphatic carbocycles. The van der Waals surface area contributed by atoms with Crippen LogP contribution in [0.4, 0.5) is 11.4 Å². The molecule has 1 N–H and O–H groups in total. The zero-order chi connectivity index (χ0) is 20.5. The predicted molar refractivity (Wildman–Crippen MR) is 116 cm³/mol. The summed E-state index contributed by atoms with van der Waals surface area (Å²) in [6.45, 7) is 4.39. The Kier molecular flexibility index (Phi) is 5.61. The average molecular weight is 412 g/mol. The smallest absolute Gasteiger partial charge is 0.241 e. The molecule has 0 spiro atoms. The van der Waals surface area contributed by atoms with Crippen molar-refractivity contribution in [1.82, 2.24) is 4.90 Å². The van der Waals surface area contributed by atoms with Gasteiger partial charge in [0.1, 0.15) is 0 Å². The third-order valence-corrected chi connectivity index (χ3v) is 6.06. The Morgan fingerprint density at radius 3 is 2.59 bits per heavy atom. The van der Waals surface area contributed by atoms with Gasteiger partial charge >= 0.3 is 0 Å². The van der Waals surface area contributed by atoms with Crippen molar-refractivity contribution in [1.29, 1.82) is 0 Å². The lowest BCUT2D eigenvalue weighted by atomic mass is 10.1. The Morgan fingerprint density at radius 2 is 1.90 bits per heavy atom. The molecule has 5 nitrogen and oxygen atoms in total. The Bertz CT molecular complexity index is 911. The summed E-state index contributed by atoms with van der Waals surface area (Å²) in [4.78, 5) is 29.8. The molecular formula is C23H26ClN3O2. The van der Waals surface area contributed by atoms with Gasteiger partial charge in [-0.3, -0.25) is 14.5 Å². The van der Waals surface area contributed by atoms with Gasteiger partial charge in [0.05, 0.1) is 17.9 Å². The first-order chi connectivity index (χ1) is 13.9. The number of fused-ring (bicyclic) bond motifs is 1. The Labute approximate surface area is 176 Å². The van der Waals surface area contributed by atoms with E-state index in [0.717, 1.165) is 24.1 Å². The number of benzene rings is 2. The lowest BCUT2D eigenvalue weighted by Gasteiger charge is -2.34. The zero-order valence-electron chi connectivity index (χ0n) is 16.8. The maximum absolute atomic E-state index is 13.5. The second-order valence-electron chi connectivity index (χ2n) is 8.01. The number of anilines is 2. The SMILES string of the molecule is CC1CC(=O)Nc2ccccc2N1C(=O)CN(C1CC1)C(C)c1ccc(Cl)cc1. The minimum Gasteiger partial charge on any atom is -0.324 e. The van der Waals surface area contributed by atoms with E-state index in [2.05, 4.69) is 17.1 Å². The maximum atomic E-state index is 13.5. The molecule has 2 aromatic rings. The van der Waals surface area contributed by atoms with Gasteiger partial charge in [-0.15, -0.1) is 0 Å². The van der Waals surface area contributed by atoms with Crippen LogP contribution in [-0.2, 0) is 9.59 Å². The summed E-state index contributed by atoms with van der Waals surface area (Å²) >= 11 is 6.04. The van der Waals surface area contributed by atoms with Gasteiger partial charge in [-0.1, -0.05) is 35.9 Å². The lowest BCUT2D eigenvalue weighted by Crippen LogP contribution is -2.46. The van der Waals surface area contributed by atoms with Crippen LogP contribution in [0.5, 0.6) is 0 Å². The molecule has 0 radical (unpaired) electrons. The fourth-order valence-electron chi connectivity index (χ4n) is 4.12. The highest BCUT2D eigenvalue weighted by atomic mass is 35.5. The standard InChI is InChI=1S/C23H26ClN3O2/c1-15-13-22(28)25-20-5-3-4-6-21(20)27(15)23(29)14-26(19-11-12-19)16(2)17-7-9-18(24)10-8-17/h3-10,15-16,19H,11-14H2,1-2H3,(H,25,28). The predicted octanol–water partition coefficient (Wildman–Crippen LogP) is 4.63. The minimum absolute atomic E-state index is 0.0224. The van der Waals surface area contributed by atoms with Crippen molar-refractivity contribution in [3.05, 3.63) is 59.1 Å². The van der Waals surface area contributed by atoms with E-state index in [0.29, 0.717) is 23.3 Å². The number of halogens is 1. The van der Waals surface area contributed by atoms with E-state index in [1.54, 1.807) is 4.90 Å². The largest absolute Gasteiger partial charge is 0.324 e. The van der Waals surface area contributed by atoms with Crippen molar-refractivity contribution in [3.63, 3.8) is 0 Å². The van der Waals surface area contributed by atoms with Gasteiger partial charge in [0, 0.05) is 29.6 Å². The highest BCUT2D eigenvalue weighted by Gasteiger charge is 2.37. The van der Waals surface area contributed by atoms with E-state index in [4.69, 9.17) is 11.6 Å². The highest BCUT2D eigenvalue weighted by molar-refractivity contribution is 6.30. The van der Waals surface area contributed by atoms with Crippen molar-refractivity contribution in [2.24, 2.45) is 0 Å². The van der Waals surface area contributed by atoms with Crippen LogP contribution in [0.3, 0.4) is 0 Å². The van der Waals surface area contributed by atoms with Crippen molar-refractivity contribution in [3.8, 4) is 0 Å². The van der Waals surface area contributed by atoms with Crippen LogP contribution in [0, 0.1) is 0 Å². The summed E-state index contributed by atoms with van der Waals surface area (Å²) in [7, 11) is 0. The van der Waals surface area contributed by atoms with Gasteiger partial charge in [-0.2, -0.15) is 0 Å². The second-order valence-corrected chi connectivity index (χ2v) is 8.45. The van der Waals surface area contributed by atoms with Gasteiger partial charge in [-0.05, 0) is 56.5 Å². The molecule has 0 aromatic heterocycles. The third-order valence-electron chi connectivity index (χ3n) is 5.81. The number of para-hydroxylation sites is 2. The van der Waals surface area contributed by atoms with Gasteiger partial charge in [0.25, 0.3) is 0 Å². The fraction of sp³-hybridized carbons (Fsp3) is 0.391. The van der Waals surface area contributed by atoms with Crippen LogP contribution in [0.15, 0.2) is 48.5 Å². The number of amides is 2. The molecule has 2 unspecified atom stereocenters. The Morgan fingerprint density at radius 1 is 1.21 bits per heavy atom. The van der Waals surface area contributed by atoms with Gasteiger partial charge in [0.2, 0.25) is 11.8 Å². The van der Waals surface area contributed by atoms with Crippen LogP contribution >= 0.6 is 11.6 Å². The van der Waals surface area contributed by atoms with E-state index in [1.165, 1.54) is 0 Å². The van der Waals surface area contributed by atoms with E-state index >= 15 is 0 Å². The molecule has 1 aliphatic heterocycles. The number of nitrogens with one attached hydrogen (secondary N) is 1. The molecule has 2 aromatic carbocycles. The normalized spacial score (nSPS) is 20.1. The topological polar surface area (TPSA) is 52.7 Å². The molecule has 1 heterocycles. The van der Waals surface area contributed by atoms with Crippen molar-refractivity contribution >= 4 is 34.8 Å².